The van der Waals surface area contributed by atoms with Crippen LogP contribution in [0.3, 0.4) is 0 Å². The van der Waals surface area contributed by atoms with Crippen LogP contribution in [0.4, 0.5) is 0 Å². The van der Waals surface area contributed by atoms with E-state index in [1.54, 1.807) is 0 Å². The van der Waals surface area contributed by atoms with E-state index >= 15 is 0 Å². The molecule has 0 aromatic rings. The molecule has 0 aliphatic carbocycles. The van der Waals surface area contributed by atoms with Gasteiger partial charge in [-0.25, -0.2) is 0 Å². The van der Waals surface area contributed by atoms with E-state index in [0.717, 1.165) is 0 Å². The minimum absolute atomic E-state index is 0. The number of rotatable bonds is 0. The van der Waals surface area contributed by atoms with Crippen molar-refractivity contribution < 1.29 is 38.7 Å². The van der Waals surface area contributed by atoms with Gasteiger partial charge in [-0.1, -0.05) is 0 Å². The molecule has 0 unspecified atom stereocenters. The van der Waals surface area contributed by atoms with Gasteiger partial charge in [0.25, 0.3) is 0 Å². The summed E-state index contributed by atoms with van der Waals surface area (Å²) in [6, 6.07) is 0. The first-order chi connectivity index (χ1) is 0. The van der Waals surface area contributed by atoms with Crippen molar-refractivity contribution in [1.29, 1.82) is 0 Å². The molecule has 0 aromatic carbocycles. The maximum Gasteiger partial charge on any atom is 2.00 e. The van der Waals surface area contributed by atoms with Crippen molar-refractivity contribution >= 4 is 48.9 Å². The summed E-state index contributed by atoms with van der Waals surface area (Å²) in [5.41, 5.74) is 0. The van der Waals surface area contributed by atoms with Gasteiger partial charge >= 0.3 is 82.2 Å². The minimum atomic E-state index is 0. The molecule has 0 saturated carbocycles. The quantitative estimate of drug-likeness (QED) is 0.543. The summed E-state index contributed by atoms with van der Waals surface area (Å²) < 4.78 is 0. The smallest absolute Gasteiger partial charge is 0.870 e. The van der Waals surface area contributed by atoms with Crippen molar-refractivity contribution in [3.05, 3.63) is 0 Å². The summed E-state index contributed by atoms with van der Waals surface area (Å²) in [4.78, 5) is 0. The van der Waals surface area contributed by atoms with Crippen LogP contribution in [0.25, 0.3) is 0 Å². The van der Waals surface area contributed by atoms with Crippen molar-refractivity contribution in [2.75, 3.05) is 0 Å². The molecule has 0 aliphatic heterocycles. The molecular formula is HBaCoNiO+5. The molecular weight excluding hydrogens is 271 g/mol. The van der Waals surface area contributed by atoms with Crippen LogP contribution in [-0.4, -0.2) is 54.4 Å². The molecule has 0 bridgehead atoms. The first-order valence-electron chi connectivity index (χ1n) is 0. The Labute approximate surface area is 85.8 Å². The van der Waals surface area contributed by atoms with Crippen LogP contribution in [0.5, 0.6) is 0 Å². The Hall–Kier alpha value is 2.53. The Morgan fingerprint density at radius 3 is 1.00 bits per heavy atom. The van der Waals surface area contributed by atoms with E-state index in [1.165, 1.54) is 0 Å². The van der Waals surface area contributed by atoms with Gasteiger partial charge in [0.1, 0.15) is 0 Å². The standard InChI is InChI=1S/Ba.Co.Ni.H2O/h;;;1H2/q3*+2;/p-1. The van der Waals surface area contributed by atoms with Crippen molar-refractivity contribution in [1.82, 2.24) is 0 Å². The minimum Gasteiger partial charge on any atom is -0.870 e. The summed E-state index contributed by atoms with van der Waals surface area (Å²) in [6.07, 6.45) is 0. The third kappa shape index (κ3) is 8.82. The van der Waals surface area contributed by atoms with Crippen molar-refractivity contribution in [3.8, 4) is 0 Å². The van der Waals surface area contributed by atoms with Crippen LogP contribution in [0.2, 0.25) is 0 Å². The summed E-state index contributed by atoms with van der Waals surface area (Å²) in [5, 5.41) is 0. The number of hydrogen-bond acceptors (Lipinski definition) is 1. The second-order valence-corrected chi connectivity index (χ2v) is 0. The Balaban J connectivity index is 0. The zero-order chi connectivity index (χ0) is 0. The molecule has 1 N–H and O–H groups in total. The maximum absolute atomic E-state index is 0. The Morgan fingerprint density at radius 1 is 1.00 bits per heavy atom. The fourth-order valence-corrected chi connectivity index (χ4v) is 0. The van der Waals surface area contributed by atoms with Crippen molar-refractivity contribution in [2.24, 2.45) is 0 Å². The van der Waals surface area contributed by atoms with E-state index in [0.29, 0.717) is 0 Å². The van der Waals surface area contributed by atoms with E-state index in [1.807, 2.05) is 0 Å². The monoisotopic (exact) mass is 272 g/mol. The topological polar surface area (TPSA) is 30.0 Å². The van der Waals surface area contributed by atoms with E-state index in [-0.39, 0.29) is 87.6 Å². The summed E-state index contributed by atoms with van der Waals surface area (Å²) in [7, 11) is 0. The Bertz CT molecular complexity index is 8.00. The molecule has 4 heavy (non-hydrogen) atoms. The molecule has 0 spiro atoms. The molecule has 4 heteroatoms. The predicted molar refractivity (Wildman–Crippen MR) is 7.69 cm³/mol. The first-order valence-corrected chi connectivity index (χ1v) is 0. The molecule has 0 aliphatic rings. The molecule has 1 radical (unpaired) electrons. The molecule has 0 atom stereocenters. The second-order valence-electron chi connectivity index (χ2n) is 0. The molecule has 0 aromatic heterocycles. The fraction of sp³-hybridized carbons (Fsp3) is 0. The van der Waals surface area contributed by atoms with Crippen LogP contribution in [0.1, 0.15) is 0 Å². The SMILES string of the molecule is [Ba+2].[Co+2].[Ni+2].[OH-]. The Morgan fingerprint density at radius 2 is 1.00 bits per heavy atom. The average molecular weight is 272 g/mol. The third-order valence-corrected chi connectivity index (χ3v) is 0. The Kier molecular flexibility index (Phi) is 138. The van der Waals surface area contributed by atoms with Gasteiger partial charge in [0.05, 0.1) is 0 Å². The maximum atomic E-state index is 0. The molecule has 23 valence electrons. The average Bonchev–Trinajstić information content (AvgIpc) is 0. The number of hydrogen-bond donors (Lipinski definition) is 0. The van der Waals surface area contributed by atoms with E-state index < -0.39 is 0 Å². The fourth-order valence-electron chi connectivity index (χ4n) is 0. The third-order valence-electron chi connectivity index (χ3n) is 0. The first kappa shape index (κ1) is 31.2. The van der Waals surface area contributed by atoms with Gasteiger partial charge in [-0.2, -0.15) is 0 Å². The molecule has 0 saturated heterocycles. The van der Waals surface area contributed by atoms with Crippen molar-refractivity contribution in [3.63, 3.8) is 0 Å². The van der Waals surface area contributed by atoms with E-state index in [2.05, 4.69) is 0 Å². The summed E-state index contributed by atoms with van der Waals surface area (Å²) in [6.45, 7) is 0. The zero-order valence-corrected chi connectivity index (χ0v) is 8.27. The zero-order valence-electron chi connectivity index (χ0n) is 1.80. The molecule has 0 amide bonds. The van der Waals surface area contributed by atoms with Gasteiger partial charge in [0.15, 0.2) is 0 Å². The van der Waals surface area contributed by atoms with Crippen LogP contribution in [0, 0.1) is 0 Å². The molecule has 0 rings (SSSR count). The molecule has 0 heterocycles. The van der Waals surface area contributed by atoms with Gasteiger partial charge in [-0.3, -0.25) is 0 Å². The molecule has 0 fully saturated rings. The van der Waals surface area contributed by atoms with Crippen molar-refractivity contribution in [2.45, 2.75) is 0 Å². The predicted octanol–water partition coefficient (Wildman–Crippen LogP) is -0.563. The summed E-state index contributed by atoms with van der Waals surface area (Å²) in [5.74, 6) is 0. The van der Waals surface area contributed by atoms with Crippen LogP contribution >= 0.6 is 0 Å². The van der Waals surface area contributed by atoms with Gasteiger partial charge < -0.3 is 5.48 Å². The second kappa shape index (κ2) is 17.7. The van der Waals surface area contributed by atoms with Crippen LogP contribution in [-0.2, 0) is 33.3 Å². The van der Waals surface area contributed by atoms with E-state index in [4.69, 9.17) is 0 Å². The van der Waals surface area contributed by atoms with Crippen LogP contribution in [0.15, 0.2) is 0 Å². The van der Waals surface area contributed by atoms with E-state index in [9.17, 15) is 0 Å². The van der Waals surface area contributed by atoms with Crippen LogP contribution < -0.4 is 0 Å². The van der Waals surface area contributed by atoms with Gasteiger partial charge in [-0.15, -0.1) is 0 Å². The largest absolute Gasteiger partial charge is 2.00 e. The van der Waals surface area contributed by atoms with Gasteiger partial charge in [0.2, 0.25) is 0 Å². The van der Waals surface area contributed by atoms with Gasteiger partial charge in [0, 0.05) is 0 Å². The normalized spacial score (nSPS) is 0. The molecule has 1 nitrogen and oxygen atoms in total. The van der Waals surface area contributed by atoms with Gasteiger partial charge in [-0.05, 0) is 0 Å². The summed E-state index contributed by atoms with van der Waals surface area (Å²) >= 11 is 0.